The predicted octanol–water partition coefficient (Wildman–Crippen LogP) is 4.58. The highest BCUT2D eigenvalue weighted by molar-refractivity contribution is 5.95. The third kappa shape index (κ3) is 3.25. The molecule has 3 aromatic rings. The van der Waals surface area contributed by atoms with Gasteiger partial charge in [0.05, 0.1) is 6.04 Å². The molecule has 0 spiro atoms. The van der Waals surface area contributed by atoms with Crippen LogP contribution in [-0.4, -0.2) is 27.3 Å². The van der Waals surface area contributed by atoms with Gasteiger partial charge in [-0.3, -0.25) is 4.79 Å². The summed E-state index contributed by atoms with van der Waals surface area (Å²) < 4.78 is 13.3. The molecule has 4 nitrogen and oxygen atoms in total. The fraction of sp³-hybridized carbons (Fsp3) is 0.238. The molecule has 1 saturated heterocycles. The van der Waals surface area contributed by atoms with Gasteiger partial charge in [-0.05, 0) is 49.1 Å². The second-order valence-corrected chi connectivity index (χ2v) is 6.58. The highest BCUT2D eigenvalue weighted by Gasteiger charge is 2.28. The van der Waals surface area contributed by atoms with Crippen LogP contribution in [0, 0.1) is 5.82 Å². The number of benzene rings is 2. The van der Waals surface area contributed by atoms with Gasteiger partial charge in [0, 0.05) is 30.1 Å². The second kappa shape index (κ2) is 7.12. The van der Waals surface area contributed by atoms with Crippen molar-refractivity contribution in [3.05, 3.63) is 77.9 Å². The van der Waals surface area contributed by atoms with Gasteiger partial charge in [0.2, 0.25) is 0 Å². The standard InChI is InChI=1S/C21H20FN3O/c22-18-9-7-15(8-10-18)19-6-1-2-13-25(19)21(26)17-5-3-4-16(14-17)20-23-11-12-24-20/h3-5,7-12,14,19H,1-2,6,13H2,(H,23,24). The smallest absolute Gasteiger partial charge is 0.254 e. The number of piperidine rings is 1. The van der Waals surface area contributed by atoms with Crippen molar-refractivity contribution in [2.45, 2.75) is 25.3 Å². The molecule has 1 aromatic heterocycles. The Morgan fingerprint density at radius 2 is 2.00 bits per heavy atom. The minimum atomic E-state index is -0.256. The zero-order valence-corrected chi connectivity index (χ0v) is 14.4. The van der Waals surface area contributed by atoms with E-state index in [4.69, 9.17) is 0 Å². The molecule has 26 heavy (non-hydrogen) atoms. The summed E-state index contributed by atoms with van der Waals surface area (Å²) in [6.45, 7) is 0.714. The van der Waals surface area contributed by atoms with Crippen molar-refractivity contribution >= 4 is 5.91 Å². The molecule has 0 aliphatic carbocycles. The number of halogens is 1. The average Bonchev–Trinajstić information content (AvgIpc) is 3.23. The van der Waals surface area contributed by atoms with Crippen LogP contribution in [0.3, 0.4) is 0 Å². The van der Waals surface area contributed by atoms with E-state index in [0.717, 1.165) is 36.2 Å². The van der Waals surface area contributed by atoms with E-state index in [0.29, 0.717) is 12.1 Å². The molecule has 5 heteroatoms. The zero-order chi connectivity index (χ0) is 17.9. The van der Waals surface area contributed by atoms with E-state index in [1.807, 2.05) is 29.2 Å². The first kappa shape index (κ1) is 16.5. The molecule has 0 bridgehead atoms. The number of hydrogen-bond donors (Lipinski definition) is 1. The van der Waals surface area contributed by atoms with Crippen LogP contribution in [0.1, 0.15) is 41.2 Å². The molecule has 1 aliphatic rings. The van der Waals surface area contributed by atoms with Gasteiger partial charge >= 0.3 is 0 Å². The Labute approximate surface area is 151 Å². The van der Waals surface area contributed by atoms with Crippen LogP contribution in [0.5, 0.6) is 0 Å². The van der Waals surface area contributed by atoms with Crippen molar-refractivity contribution < 1.29 is 9.18 Å². The number of nitrogens with one attached hydrogen (secondary N) is 1. The van der Waals surface area contributed by atoms with Gasteiger partial charge < -0.3 is 9.88 Å². The molecule has 1 fully saturated rings. The van der Waals surface area contributed by atoms with Crippen LogP contribution in [-0.2, 0) is 0 Å². The summed E-state index contributed by atoms with van der Waals surface area (Å²) >= 11 is 0. The lowest BCUT2D eigenvalue weighted by Gasteiger charge is -2.36. The Morgan fingerprint density at radius 3 is 2.77 bits per heavy atom. The first-order valence-electron chi connectivity index (χ1n) is 8.88. The van der Waals surface area contributed by atoms with E-state index < -0.39 is 0 Å². The fourth-order valence-electron chi connectivity index (χ4n) is 3.59. The molecule has 2 heterocycles. The third-order valence-corrected chi connectivity index (χ3v) is 4.90. The Kier molecular flexibility index (Phi) is 4.52. The van der Waals surface area contributed by atoms with Crippen LogP contribution in [0.15, 0.2) is 60.9 Å². The Balaban J connectivity index is 1.63. The minimum Gasteiger partial charge on any atom is -0.345 e. The number of carbonyl (C=O) groups is 1. The maximum absolute atomic E-state index is 13.3. The number of nitrogens with zero attached hydrogens (tertiary/aromatic N) is 2. The highest BCUT2D eigenvalue weighted by atomic mass is 19.1. The van der Waals surface area contributed by atoms with Gasteiger partial charge in [-0.1, -0.05) is 24.3 Å². The van der Waals surface area contributed by atoms with Gasteiger partial charge in [-0.25, -0.2) is 9.37 Å². The van der Waals surface area contributed by atoms with Gasteiger partial charge in [0.25, 0.3) is 5.91 Å². The third-order valence-electron chi connectivity index (χ3n) is 4.90. The van der Waals surface area contributed by atoms with E-state index in [-0.39, 0.29) is 17.8 Å². The molecular weight excluding hydrogens is 329 g/mol. The first-order valence-corrected chi connectivity index (χ1v) is 8.88. The van der Waals surface area contributed by atoms with Crippen LogP contribution >= 0.6 is 0 Å². The summed E-state index contributed by atoms with van der Waals surface area (Å²) in [6.07, 6.45) is 6.41. The molecular formula is C21H20FN3O. The molecule has 0 saturated carbocycles. The largest absolute Gasteiger partial charge is 0.345 e. The number of amides is 1. The summed E-state index contributed by atoms with van der Waals surface area (Å²) in [5.74, 6) is 0.495. The van der Waals surface area contributed by atoms with Crippen molar-refractivity contribution in [3.8, 4) is 11.4 Å². The first-order chi connectivity index (χ1) is 12.7. The van der Waals surface area contributed by atoms with Crippen molar-refractivity contribution in [2.75, 3.05) is 6.54 Å². The number of hydrogen-bond acceptors (Lipinski definition) is 2. The van der Waals surface area contributed by atoms with Crippen molar-refractivity contribution in [1.82, 2.24) is 14.9 Å². The average molecular weight is 349 g/mol. The number of carbonyl (C=O) groups excluding carboxylic acids is 1. The summed E-state index contributed by atoms with van der Waals surface area (Å²) in [6, 6.07) is 14.0. The highest BCUT2D eigenvalue weighted by Crippen LogP contribution is 2.32. The Bertz CT molecular complexity index is 890. The second-order valence-electron chi connectivity index (χ2n) is 6.58. The number of likely N-dealkylation sites (tertiary alicyclic amines) is 1. The van der Waals surface area contributed by atoms with E-state index in [9.17, 15) is 9.18 Å². The van der Waals surface area contributed by atoms with E-state index in [1.54, 1.807) is 24.5 Å². The molecule has 1 atom stereocenters. The van der Waals surface area contributed by atoms with E-state index in [1.165, 1.54) is 12.1 Å². The maximum atomic E-state index is 13.3. The van der Waals surface area contributed by atoms with Gasteiger partial charge in [-0.2, -0.15) is 0 Å². The quantitative estimate of drug-likeness (QED) is 0.752. The van der Waals surface area contributed by atoms with Gasteiger partial charge in [0.1, 0.15) is 11.6 Å². The Morgan fingerprint density at radius 1 is 1.15 bits per heavy atom. The summed E-state index contributed by atoms with van der Waals surface area (Å²) in [4.78, 5) is 22.4. The Hall–Kier alpha value is -2.95. The molecule has 4 rings (SSSR count). The summed E-state index contributed by atoms with van der Waals surface area (Å²) in [5, 5.41) is 0. The van der Waals surface area contributed by atoms with Crippen LogP contribution in [0.25, 0.3) is 11.4 Å². The van der Waals surface area contributed by atoms with Crippen molar-refractivity contribution in [2.24, 2.45) is 0 Å². The number of H-pyrrole nitrogens is 1. The van der Waals surface area contributed by atoms with Crippen molar-refractivity contribution in [3.63, 3.8) is 0 Å². The number of rotatable bonds is 3. The molecule has 2 aromatic carbocycles. The van der Waals surface area contributed by atoms with Crippen LogP contribution in [0.2, 0.25) is 0 Å². The van der Waals surface area contributed by atoms with E-state index in [2.05, 4.69) is 9.97 Å². The van der Waals surface area contributed by atoms with E-state index >= 15 is 0 Å². The number of imidazole rings is 1. The number of aromatic amines is 1. The van der Waals surface area contributed by atoms with Gasteiger partial charge in [0.15, 0.2) is 0 Å². The molecule has 132 valence electrons. The molecule has 1 amide bonds. The summed E-state index contributed by atoms with van der Waals surface area (Å²) in [7, 11) is 0. The number of aromatic nitrogens is 2. The SMILES string of the molecule is O=C(c1cccc(-c2ncc[nH]2)c1)N1CCCCC1c1ccc(F)cc1. The fourth-order valence-corrected chi connectivity index (χ4v) is 3.59. The lowest BCUT2D eigenvalue weighted by atomic mass is 9.94. The summed E-state index contributed by atoms with van der Waals surface area (Å²) in [5.41, 5.74) is 2.52. The maximum Gasteiger partial charge on any atom is 0.254 e. The molecule has 1 N–H and O–H groups in total. The van der Waals surface area contributed by atoms with Crippen LogP contribution in [0.4, 0.5) is 4.39 Å². The monoisotopic (exact) mass is 349 g/mol. The predicted molar refractivity (Wildman–Crippen MR) is 98.1 cm³/mol. The minimum absolute atomic E-state index is 0.00688. The normalized spacial score (nSPS) is 17.3. The zero-order valence-electron chi connectivity index (χ0n) is 14.4. The topological polar surface area (TPSA) is 49.0 Å². The molecule has 0 radical (unpaired) electrons. The van der Waals surface area contributed by atoms with Crippen LogP contribution < -0.4 is 0 Å². The van der Waals surface area contributed by atoms with Gasteiger partial charge in [-0.15, -0.1) is 0 Å². The van der Waals surface area contributed by atoms with Crippen molar-refractivity contribution in [1.29, 1.82) is 0 Å². The molecule has 1 unspecified atom stereocenters. The lowest BCUT2D eigenvalue weighted by Crippen LogP contribution is -2.38. The lowest BCUT2D eigenvalue weighted by molar-refractivity contribution is 0.0611. The molecule has 1 aliphatic heterocycles.